The molecule has 122 valence electrons. The Kier molecular flexibility index (Phi) is 3.76. The minimum atomic E-state index is 0.0914. The molecule has 1 amide bonds. The number of aromatic nitrogens is 3. The van der Waals surface area contributed by atoms with E-state index >= 15 is 0 Å². The van der Waals surface area contributed by atoms with Crippen molar-refractivity contribution in [2.45, 2.75) is 25.7 Å². The molecule has 1 aliphatic heterocycles. The van der Waals surface area contributed by atoms with Gasteiger partial charge < -0.3 is 9.88 Å². The number of piperidine rings is 1. The molecule has 1 aliphatic rings. The summed E-state index contributed by atoms with van der Waals surface area (Å²) < 4.78 is 0. The van der Waals surface area contributed by atoms with Gasteiger partial charge in [-0.15, -0.1) is 0 Å². The van der Waals surface area contributed by atoms with E-state index in [0.29, 0.717) is 5.92 Å². The monoisotopic (exact) mass is 320 g/mol. The Bertz CT molecular complexity index is 886. The van der Waals surface area contributed by atoms with Crippen LogP contribution in [-0.2, 0) is 0 Å². The van der Waals surface area contributed by atoms with Crippen LogP contribution in [0.2, 0.25) is 0 Å². The molecule has 0 saturated carbocycles. The molecule has 0 radical (unpaired) electrons. The number of likely N-dealkylation sites (tertiary alicyclic amines) is 1. The third-order valence-electron chi connectivity index (χ3n) is 4.67. The van der Waals surface area contributed by atoms with Gasteiger partial charge in [0.2, 0.25) is 0 Å². The second-order valence-electron chi connectivity index (χ2n) is 6.45. The maximum atomic E-state index is 12.9. The third kappa shape index (κ3) is 2.77. The van der Waals surface area contributed by atoms with Gasteiger partial charge in [-0.1, -0.05) is 6.07 Å². The number of nitrogens with one attached hydrogen (secondary N) is 1. The number of hydrogen-bond acceptors (Lipinski definition) is 3. The first-order chi connectivity index (χ1) is 11.7. The summed E-state index contributed by atoms with van der Waals surface area (Å²) in [4.78, 5) is 26.9. The average molecular weight is 320 g/mol. The Hall–Kier alpha value is -2.69. The van der Waals surface area contributed by atoms with Crippen molar-refractivity contribution in [1.82, 2.24) is 19.9 Å². The lowest BCUT2D eigenvalue weighted by Crippen LogP contribution is -2.39. The normalized spacial score (nSPS) is 18.0. The van der Waals surface area contributed by atoms with Crippen molar-refractivity contribution in [3.63, 3.8) is 0 Å². The van der Waals surface area contributed by atoms with Gasteiger partial charge in [0.1, 0.15) is 5.82 Å². The number of amides is 1. The van der Waals surface area contributed by atoms with E-state index in [1.54, 1.807) is 6.20 Å². The summed E-state index contributed by atoms with van der Waals surface area (Å²) >= 11 is 0. The van der Waals surface area contributed by atoms with Crippen LogP contribution in [-0.4, -0.2) is 38.8 Å². The van der Waals surface area contributed by atoms with E-state index in [4.69, 9.17) is 0 Å². The fraction of sp³-hybridized carbons (Fsp3) is 0.316. The van der Waals surface area contributed by atoms with E-state index in [-0.39, 0.29) is 5.91 Å². The van der Waals surface area contributed by atoms with Crippen LogP contribution in [0.25, 0.3) is 10.9 Å². The lowest BCUT2D eigenvalue weighted by atomic mass is 9.96. The smallest absolute Gasteiger partial charge is 0.253 e. The zero-order chi connectivity index (χ0) is 16.5. The summed E-state index contributed by atoms with van der Waals surface area (Å²) in [5, 5.41) is 0.999. The lowest BCUT2D eigenvalue weighted by molar-refractivity contribution is 0.0705. The van der Waals surface area contributed by atoms with E-state index in [2.05, 4.69) is 15.0 Å². The zero-order valence-electron chi connectivity index (χ0n) is 13.7. The molecule has 1 atom stereocenters. The molecule has 1 aromatic carbocycles. The van der Waals surface area contributed by atoms with Gasteiger partial charge in [0, 0.05) is 48.0 Å². The Balaban J connectivity index is 1.56. The minimum absolute atomic E-state index is 0.0914. The molecular weight excluding hydrogens is 300 g/mol. The highest BCUT2D eigenvalue weighted by molar-refractivity contribution is 5.98. The molecule has 0 spiro atoms. The molecule has 4 rings (SSSR count). The number of carbonyl (C=O) groups excluding carboxylic acids is 1. The van der Waals surface area contributed by atoms with Crippen molar-refractivity contribution < 1.29 is 4.79 Å². The summed E-state index contributed by atoms with van der Waals surface area (Å²) in [6.07, 6.45) is 5.69. The Morgan fingerprint density at radius 3 is 3.04 bits per heavy atom. The number of fused-ring (bicyclic) bond motifs is 1. The van der Waals surface area contributed by atoms with Crippen LogP contribution >= 0.6 is 0 Å². The number of nitrogens with zero attached hydrogens (tertiary/aromatic N) is 3. The molecule has 1 N–H and O–H groups in total. The second-order valence-corrected chi connectivity index (χ2v) is 6.45. The molecule has 3 heterocycles. The van der Waals surface area contributed by atoms with E-state index in [0.717, 1.165) is 53.9 Å². The number of carbonyl (C=O) groups is 1. The van der Waals surface area contributed by atoms with E-state index in [9.17, 15) is 4.79 Å². The first-order valence-corrected chi connectivity index (χ1v) is 8.36. The molecule has 1 fully saturated rings. The largest absolute Gasteiger partial charge is 0.346 e. The van der Waals surface area contributed by atoms with E-state index < -0.39 is 0 Å². The van der Waals surface area contributed by atoms with Crippen LogP contribution in [0.1, 0.15) is 40.6 Å². The number of pyridine rings is 1. The predicted octanol–water partition coefficient (Wildman–Crippen LogP) is 3.29. The maximum absolute atomic E-state index is 12.9. The molecular formula is C19H20N4O. The topological polar surface area (TPSA) is 61.9 Å². The van der Waals surface area contributed by atoms with Crippen LogP contribution in [0.4, 0.5) is 0 Å². The third-order valence-corrected chi connectivity index (χ3v) is 4.67. The van der Waals surface area contributed by atoms with Gasteiger partial charge in [0.25, 0.3) is 5.91 Å². The number of aryl methyl sites for hydroxylation is 1. The van der Waals surface area contributed by atoms with Gasteiger partial charge in [-0.25, -0.2) is 4.98 Å². The first kappa shape index (κ1) is 14.9. The Morgan fingerprint density at radius 1 is 1.29 bits per heavy atom. The number of imidazole rings is 1. The number of aromatic amines is 1. The summed E-state index contributed by atoms with van der Waals surface area (Å²) in [5.41, 5.74) is 2.71. The van der Waals surface area contributed by atoms with Crippen molar-refractivity contribution in [3.8, 4) is 0 Å². The highest BCUT2D eigenvalue weighted by Crippen LogP contribution is 2.26. The summed E-state index contributed by atoms with van der Waals surface area (Å²) in [6, 6.07) is 9.61. The van der Waals surface area contributed by atoms with Crippen molar-refractivity contribution in [1.29, 1.82) is 0 Å². The van der Waals surface area contributed by atoms with Gasteiger partial charge >= 0.3 is 0 Å². The van der Waals surface area contributed by atoms with Crippen LogP contribution in [0.5, 0.6) is 0 Å². The molecule has 5 heteroatoms. The van der Waals surface area contributed by atoms with Gasteiger partial charge in [-0.3, -0.25) is 9.78 Å². The van der Waals surface area contributed by atoms with E-state index in [1.807, 2.05) is 48.4 Å². The van der Waals surface area contributed by atoms with Gasteiger partial charge in [-0.05, 0) is 44.0 Å². The average Bonchev–Trinajstić information content (AvgIpc) is 3.07. The molecule has 2 aromatic heterocycles. The first-order valence-electron chi connectivity index (χ1n) is 8.36. The van der Waals surface area contributed by atoms with E-state index in [1.165, 1.54) is 0 Å². The quantitative estimate of drug-likeness (QED) is 0.788. The van der Waals surface area contributed by atoms with Crippen LogP contribution in [0.15, 0.2) is 42.7 Å². The minimum Gasteiger partial charge on any atom is -0.346 e. The summed E-state index contributed by atoms with van der Waals surface area (Å²) in [6.45, 7) is 3.53. The van der Waals surface area contributed by atoms with Crippen LogP contribution in [0, 0.1) is 6.92 Å². The highest BCUT2D eigenvalue weighted by Gasteiger charge is 2.27. The predicted molar refractivity (Wildman–Crippen MR) is 92.9 cm³/mol. The highest BCUT2D eigenvalue weighted by atomic mass is 16.2. The van der Waals surface area contributed by atoms with Crippen molar-refractivity contribution in [3.05, 3.63) is 59.8 Å². The lowest BCUT2D eigenvalue weighted by Gasteiger charge is -2.32. The summed E-state index contributed by atoms with van der Waals surface area (Å²) in [7, 11) is 0. The maximum Gasteiger partial charge on any atom is 0.253 e. The SMILES string of the molecule is Cc1cnc(C2CCCN(C(=O)c3ccc4ncccc4c3)C2)[nH]1. The number of H-pyrrole nitrogens is 1. The van der Waals surface area contributed by atoms with Gasteiger partial charge in [0.15, 0.2) is 0 Å². The van der Waals surface area contributed by atoms with Crippen LogP contribution in [0.3, 0.4) is 0 Å². The van der Waals surface area contributed by atoms with Crippen LogP contribution < -0.4 is 0 Å². The molecule has 1 unspecified atom stereocenters. The van der Waals surface area contributed by atoms with Gasteiger partial charge in [0.05, 0.1) is 5.52 Å². The molecule has 5 nitrogen and oxygen atoms in total. The number of rotatable bonds is 2. The van der Waals surface area contributed by atoms with Crippen molar-refractivity contribution in [2.24, 2.45) is 0 Å². The molecule has 1 saturated heterocycles. The second kappa shape index (κ2) is 6.07. The number of hydrogen-bond donors (Lipinski definition) is 1. The number of benzene rings is 1. The molecule has 24 heavy (non-hydrogen) atoms. The Morgan fingerprint density at radius 2 is 2.21 bits per heavy atom. The zero-order valence-corrected chi connectivity index (χ0v) is 13.7. The molecule has 0 bridgehead atoms. The van der Waals surface area contributed by atoms with Crippen molar-refractivity contribution >= 4 is 16.8 Å². The standard InChI is InChI=1S/C19H20N4O/c1-13-11-21-18(22-13)16-5-3-9-23(12-16)19(24)15-6-7-17-14(10-15)4-2-8-20-17/h2,4,6-8,10-11,16H,3,5,9,12H2,1H3,(H,21,22). The Labute approximate surface area is 140 Å². The molecule has 0 aliphatic carbocycles. The fourth-order valence-corrected chi connectivity index (χ4v) is 3.42. The fourth-order valence-electron chi connectivity index (χ4n) is 3.42. The molecule has 3 aromatic rings. The van der Waals surface area contributed by atoms with Gasteiger partial charge in [-0.2, -0.15) is 0 Å². The summed E-state index contributed by atoms with van der Waals surface area (Å²) in [5.74, 6) is 1.37. The van der Waals surface area contributed by atoms with Crippen molar-refractivity contribution in [2.75, 3.05) is 13.1 Å².